The molecule has 172 valence electrons. The fourth-order valence-corrected chi connectivity index (χ4v) is 3.70. The quantitative estimate of drug-likeness (QED) is 0.455. The number of benzene rings is 1. The van der Waals surface area contributed by atoms with E-state index in [1.165, 1.54) is 32.5 Å². The average molecular weight is 447 g/mol. The summed E-state index contributed by atoms with van der Waals surface area (Å²) in [7, 11) is 1.52. The highest BCUT2D eigenvalue weighted by Crippen LogP contribution is 2.27. The van der Waals surface area contributed by atoms with Crippen LogP contribution in [0.5, 0.6) is 0 Å². The summed E-state index contributed by atoms with van der Waals surface area (Å²) in [6.07, 6.45) is 3.97. The van der Waals surface area contributed by atoms with Crippen LogP contribution < -0.4 is 16.8 Å². The van der Waals surface area contributed by atoms with Gasteiger partial charge >= 0.3 is 0 Å². The SMILES string of the molecule is CN=CC(=CN)c1cc(N=C(N)C2=C(NC3CCOC3)CCN(C(C)=O)C2)c(F)cc1F. The molecule has 1 aromatic rings. The van der Waals surface area contributed by atoms with Gasteiger partial charge in [-0.3, -0.25) is 9.79 Å². The normalized spacial score (nSPS) is 20.4. The van der Waals surface area contributed by atoms with Crippen molar-refractivity contribution in [3.8, 4) is 0 Å². The van der Waals surface area contributed by atoms with E-state index in [0.29, 0.717) is 31.8 Å². The Labute approximate surface area is 185 Å². The predicted octanol–water partition coefficient (Wildman–Crippen LogP) is 1.84. The highest BCUT2D eigenvalue weighted by molar-refractivity contribution is 6.10. The van der Waals surface area contributed by atoms with Crippen molar-refractivity contribution < 1.29 is 18.3 Å². The second-order valence-electron chi connectivity index (χ2n) is 7.64. The molecule has 2 heterocycles. The third kappa shape index (κ3) is 5.31. The topological polar surface area (TPSA) is 118 Å². The van der Waals surface area contributed by atoms with Gasteiger partial charge < -0.3 is 26.4 Å². The third-order valence-electron chi connectivity index (χ3n) is 5.44. The molecule has 0 radical (unpaired) electrons. The maximum absolute atomic E-state index is 14.5. The number of nitrogens with two attached hydrogens (primary N) is 2. The number of carbonyl (C=O) groups is 1. The Bertz CT molecular complexity index is 996. The van der Waals surface area contributed by atoms with Crippen LogP contribution in [0.2, 0.25) is 0 Å². The average Bonchev–Trinajstić information content (AvgIpc) is 3.27. The first-order valence-corrected chi connectivity index (χ1v) is 10.3. The molecule has 1 fully saturated rings. The fraction of sp³-hybridized carbons (Fsp3) is 0.409. The van der Waals surface area contributed by atoms with Crippen LogP contribution in [0.1, 0.15) is 25.3 Å². The highest BCUT2D eigenvalue weighted by Gasteiger charge is 2.26. The van der Waals surface area contributed by atoms with Gasteiger partial charge in [0, 0.05) is 74.4 Å². The van der Waals surface area contributed by atoms with E-state index >= 15 is 0 Å². The molecule has 1 aromatic carbocycles. The minimum Gasteiger partial charge on any atom is -0.404 e. The number of aliphatic imine (C=N–C) groups is 2. The molecule has 1 unspecified atom stereocenters. The predicted molar refractivity (Wildman–Crippen MR) is 120 cm³/mol. The van der Waals surface area contributed by atoms with Gasteiger partial charge in [0.2, 0.25) is 5.91 Å². The standard InChI is InChI=1S/C22H28F2N6O2/c1-13(31)30-5-3-20(28-15-4-6-32-12-15)17(11-30)22(26)29-21-7-16(14(9-25)10-27-2)18(23)8-19(21)24/h7-10,15,28H,3-6,11-12,25H2,1-2H3,(H2,26,29). The first-order valence-electron chi connectivity index (χ1n) is 10.3. The molecule has 1 saturated heterocycles. The lowest BCUT2D eigenvalue weighted by Crippen LogP contribution is -2.43. The molecule has 1 atom stereocenters. The molecule has 0 spiro atoms. The smallest absolute Gasteiger partial charge is 0.219 e. The lowest BCUT2D eigenvalue weighted by atomic mass is 10.0. The molecule has 0 saturated carbocycles. The Balaban J connectivity index is 2.01. The Morgan fingerprint density at radius 1 is 1.34 bits per heavy atom. The molecule has 1 amide bonds. The molecular weight excluding hydrogens is 418 g/mol. The van der Waals surface area contributed by atoms with Crippen molar-refractivity contribution in [2.45, 2.75) is 25.8 Å². The molecule has 3 rings (SSSR count). The van der Waals surface area contributed by atoms with E-state index in [-0.39, 0.29) is 41.2 Å². The Hall–Kier alpha value is -3.27. The van der Waals surface area contributed by atoms with Gasteiger partial charge in [0.1, 0.15) is 17.3 Å². The van der Waals surface area contributed by atoms with E-state index in [1.54, 1.807) is 4.90 Å². The van der Waals surface area contributed by atoms with E-state index in [9.17, 15) is 13.6 Å². The van der Waals surface area contributed by atoms with Crippen LogP contribution in [0, 0.1) is 11.6 Å². The van der Waals surface area contributed by atoms with Crippen LogP contribution in [0.25, 0.3) is 5.57 Å². The molecule has 10 heteroatoms. The molecule has 32 heavy (non-hydrogen) atoms. The molecule has 2 aliphatic rings. The number of hydrogen-bond acceptors (Lipinski definition) is 6. The second kappa shape index (κ2) is 10.4. The largest absolute Gasteiger partial charge is 0.404 e. The molecule has 0 aromatic heterocycles. The van der Waals surface area contributed by atoms with Gasteiger partial charge in [0.15, 0.2) is 5.82 Å². The summed E-state index contributed by atoms with van der Waals surface area (Å²) in [5, 5.41) is 3.43. The van der Waals surface area contributed by atoms with Crippen molar-refractivity contribution in [2.75, 3.05) is 33.4 Å². The summed E-state index contributed by atoms with van der Waals surface area (Å²) in [6.45, 7) is 3.51. The van der Waals surface area contributed by atoms with Crippen LogP contribution in [-0.2, 0) is 9.53 Å². The van der Waals surface area contributed by atoms with Gasteiger partial charge in [-0.25, -0.2) is 13.8 Å². The summed E-state index contributed by atoms with van der Waals surface area (Å²) >= 11 is 0. The van der Waals surface area contributed by atoms with Gasteiger partial charge in [-0.2, -0.15) is 0 Å². The number of carbonyl (C=O) groups excluding carboxylic acids is 1. The first kappa shape index (κ1) is 23.4. The molecular formula is C22H28F2N6O2. The minimum absolute atomic E-state index is 0.0514. The van der Waals surface area contributed by atoms with E-state index in [2.05, 4.69) is 15.3 Å². The Kier molecular flexibility index (Phi) is 7.57. The summed E-state index contributed by atoms with van der Waals surface area (Å²) in [4.78, 5) is 21.7. The van der Waals surface area contributed by atoms with Crippen LogP contribution >= 0.6 is 0 Å². The Morgan fingerprint density at radius 2 is 2.12 bits per heavy atom. The molecule has 2 aliphatic heterocycles. The fourth-order valence-electron chi connectivity index (χ4n) is 3.70. The van der Waals surface area contributed by atoms with Crippen LogP contribution in [0.3, 0.4) is 0 Å². The molecule has 0 aliphatic carbocycles. The number of nitrogens with zero attached hydrogens (tertiary/aromatic N) is 3. The van der Waals surface area contributed by atoms with Crippen molar-refractivity contribution in [3.05, 3.63) is 46.8 Å². The van der Waals surface area contributed by atoms with E-state index < -0.39 is 11.6 Å². The zero-order chi connectivity index (χ0) is 23.3. The van der Waals surface area contributed by atoms with Crippen molar-refractivity contribution >= 4 is 29.2 Å². The zero-order valence-corrected chi connectivity index (χ0v) is 18.2. The van der Waals surface area contributed by atoms with Crippen LogP contribution in [-0.4, -0.2) is 62.3 Å². The third-order valence-corrected chi connectivity index (χ3v) is 5.44. The van der Waals surface area contributed by atoms with Crippen molar-refractivity contribution in [3.63, 3.8) is 0 Å². The van der Waals surface area contributed by atoms with E-state index in [0.717, 1.165) is 18.2 Å². The summed E-state index contributed by atoms with van der Waals surface area (Å²) in [6, 6.07) is 2.11. The van der Waals surface area contributed by atoms with Gasteiger partial charge in [-0.15, -0.1) is 0 Å². The zero-order valence-electron chi connectivity index (χ0n) is 18.2. The number of amidine groups is 1. The number of nitrogens with one attached hydrogen (secondary N) is 1. The lowest BCUT2D eigenvalue weighted by molar-refractivity contribution is -0.128. The number of amides is 1. The van der Waals surface area contributed by atoms with E-state index in [4.69, 9.17) is 16.2 Å². The number of ether oxygens (including phenoxy) is 1. The number of rotatable bonds is 6. The van der Waals surface area contributed by atoms with Crippen LogP contribution in [0.4, 0.5) is 14.5 Å². The van der Waals surface area contributed by atoms with Gasteiger partial charge in [-0.1, -0.05) is 0 Å². The van der Waals surface area contributed by atoms with Gasteiger partial charge in [-0.05, 0) is 12.5 Å². The lowest BCUT2D eigenvalue weighted by Gasteiger charge is -2.31. The highest BCUT2D eigenvalue weighted by atomic mass is 19.1. The van der Waals surface area contributed by atoms with Crippen molar-refractivity contribution in [2.24, 2.45) is 21.5 Å². The maximum Gasteiger partial charge on any atom is 0.219 e. The van der Waals surface area contributed by atoms with Gasteiger partial charge in [0.05, 0.1) is 19.2 Å². The summed E-state index contributed by atoms with van der Waals surface area (Å²) in [5.41, 5.74) is 13.5. The van der Waals surface area contributed by atoms with E-state index in [1.807, 2.05) is 0 Å². The van der Waals surface area contributed by atoms with Crippen molar-refractivity contribution in [1.82, 2.24) is 10.2 Å². The summed E-state index contributed by atoms with van der Waals surface area (Å²) < 4.78 is 34.3. The number of halogens is 2. The molecule has 5 N–H and O–H groups in total. The van der Waals surface area contributed by atoms with Gasteiger partial charge in [0.25, 0.3) is 0 Å². The minimum atomic E-state index is -0.863. The number of allylic oxidation sites excluding steroid dienone is 1. The van der Waals surface area contributed by atoms with Crippen molar-refractivity contribution in [1.29, 1.82) is 0 Å². The first-order chi connectivity index (χ1) is 15.3. The maximum atomic E-state index is 14.5. The number of hydrogen-bond donors (Lipinski definition) is 3. The Morgan fingerprint density at radius 3 is 2.75 bits per heavy atom. The van der Waals surface area contributed by atoms with Crippen LogP contribution in [0.15, 0.2) is 39.6 Å². The molecule has 0 bridgehead atoms. The monoisotopic (exact) mass is 446 g/mol. The molecule has 8 nitrogen and oxygen atoms in total. The summed E-state index contributed by atoms with van der Waals surface area (Å²) in [5.74, 6) is -1.70. The second-order valence-corrected chi connectivity index (χ2v) is 7.64.